The number of hydrogen-bond acceptors (Lipinski definition) is 2. The zero-order chi connectivity index (χ0) is 11.4. The zero-order valence-electron chi connectivity index (χ0n) is 8.63. The topological polar surface area (TPSA) is 46.2 Å². The molecule has 0 atom stereocenters. The van der Waals surface area contributed by atoms with Gasteiger partial charge < -0.3 is 5.32 Å². The average molecular weight is 270 g/mol. The van der Waals surface area contributed by atoms with Gasteiger partial charge in [-0.15, -0.1) is 0 Å². The summed E-state index contributed by atoms with van der Waals surface area (Å²) in [5.41, 5.74) is 1.46. The predicted molar refractivity (Wildman–Crippen MR) is 61.9 cm³/mol. The van der Waals surface area contributed by atoms with Gasteiger partial charge in [-0.05, 0) is 31.5 Å². The molecule has 0 spiro atoms. The lowest BCUT2D eigenvalue weighted by Gasteiger charge is -2.07. The first kappa shape index (κ1) is 11.9. The molecule has 0 aliphatic carbocycles. The van der Waals surface area contributed by atoms with E-state index >= 15 is 0 Å². The van der Waals surface area contributed by atoms with Gasteiger partial charge in [-0.1, -0.05) is 22.0 Å². The van der Waals surface area contributed by atoms with Crippen LogP contribution in [0.5, 0.6) is 0 Å². The summed E-state index contributed by atoms with van der Waals surface area (Å²) in [6.07, 6.45) is 0. The first-order chi connectivity index (χ1) is 7.02. The maximum absolute atomic E-state index is 11.6. The smallest absolute Gasteiger partial charge is 0.251 e. The lowest BCUT2D eigenvalue weighted by molar-refractivity contribution is -0.116. The van der Waals surface area contributed by atoms with Crippen LogP contribution in [0.3, 0.4) is 0 Å². The SMILES string of the molecule is CC(=O)CNC(=O)c1cccc(Br)c1C. The van der Waals surface area contributed by atoms with Crippen molar-refractivity contribution in [1.29, 1.82) is 0 Å². The van der Waals surface area contributed by atoms with Crippen molar-refractivity contribution in [3.8, 4) is 0 Å². The van der Waals surface area contributed by atoms with Gasteiger partial charge in [0.05, 0.1) is 6.54 Å². The average Bonchev–Trinajstić information content (AvgIpc) is 2.18. The van der Waals surface area contributed by atoms with Gasteiger partial charge in [0.15, 0.2) is 0 Å². The first-order valence-corrected chi connectivity index (χ1v) is 5.34. The lowest BCUT2D eigenvalue weighted by Crippen LogP contribution is -2.28. The Bertz CT molecular complexity index is 402. The lowest BCUT2D eigenvalue weighted by atomic mass is 10.1. The van der Waals surface area contributed by atoms with Gasteiger partial charge in [0.1, 0.15) is 5.78 Å². The second-order valence-electron chi connectivity index (χ2n) is 3.30. The van der Waals surface area contributed by atoms with E-state index in [2.05, 4.69) is 21.2 Å². The van der Waals surface area contributed by atoms with Crippen molar-refractivity contribution < 1.29 is 9.59 Å². The van der Waals surface area contributed by atoms with Crippen LogP contribution in [-0.4, -0.2) is 18.2 Å². The molecule has 80 valence electrons. The van der Waals surface area contributed by atoms with Crippen molar-refractivity contribution >= 4 is 27.6 Å². The predicted octanol–water partition coefficient (Wildman–Crippen LogP) is 2.08. The van der Waals surface area contributed by atoms with Crippen LogP contribution in [0.1, 0.15) is 22.8 Å². The molecule has 0 aliphatic heterocycles. The van der Waals surface area contributed by atoms with Gasteiger partial charge in [-0.3, -0.25) is 9.59 Å². The number of rotatable bonds is 3. The summed E-state index contributed by atoms with van der Waals surface area (Å²) < 4.78 is 0.887. The Morgan fingerprint density at radius 2 is 2.07 bits per heavy atom. The fraction of sp³-hybridized carbons (Fsp3) is 0.273. The van der Waals surface area contributed by atoms with Crippen LogP contribution in [0, 0.1) is 6.92 Å². The quantitative estimate of drug-likeness (QED) is 0.914. The maximum atomic E-state index is 11.6. The summed E-state index contributed by atoms with van der Waals surface area (Å²) in [7, 11) is 0. The molecule has 1 aromatic rings. The summed E-state index contributed by atoms with van der Waals surface area (Å²) in [5, 5.41) is 2.56. The second-order valence-corrected chi connectivity index (χ2v) is 4.15. The highest BCUT2D eigenvalue weighted by atomic mass is 79.9. The standard InChI is InChI=1S/C11H12BrNO2/c1-7(14)6-13-11(15)9-4-3-5-10(12)8(9)2/h3-5H,6H2,1-2H3,(H,13,15). The highest BCUT2D eigenvalue weighted by molar-refractivity contribution is 9.10. The van der Waals surface area contributed by atoms with E-state index in [1.807, 2.05) is 13.0 Å². The van der Waals surface area contributed by atoms with Gasteiger partial charge in [0, 0.05) is 10.0 Å². The molecular formula is C11H12BrNO2. The molecule has 15 heavy (non-hydrogen) atoms. The Labute approximate surface area is 97.0 Å². The molecule has 0 saturated heterocycles. The van der Waals surface area contributed by atoms with Crippen LogP contribution in [0.15, 0.2) is 22.7 Å². The molecule has 0 heterocycles. The van der Waals surface area contributed by atoms with Gasteiger partial charge in [0.25, 0.3) is 5.91 Å². The molecule has 0 bridgehead atoms. The fourth-order valence-corrected chi connectivity index (χ4v) is 1.52. The largest absolute Gasteiger partial charge is 0.345 e. The third kappa shape index (κ3) is 3.16. The minimum atomic E-state index is -0.219. The van der Waals surface area contributed by atoms with Crippen LogP contribution >= 0.6 is 15.9 Å². The first-order valence-electron chi connectivity index (χ1n) is 4.55. The van der Waals surface area contributed by atoms with Crippen LogP contribution in [0.2, 0.25) is 0 Å². The maximum Gasteiger partial charge on any atom is 0.251 e. The van der Waals surface area contributed by atoms with E-state index in [9.17, 15) is 9.59 Å². The van der Waals surface area contributed by atoms with E-state index < -0.39 is 0 Å². The Morgan fingerprint density at radius 1 is 1.40 bits per heavy atom. The molecule has 3 nitrogen and oxygen atoms in total. The summed E-state index contributed by atoms with van der Waals surface area (Å²) in [6, 6.07) is 5.40. The Balaban J connectivity index is 2.82. The van der Waals surface area contributed by atoms with Crippen LogP contribution in [-0.2, 0) is 4.79 Å². The molecule has 1 aromatic carbocycles. The number of nitrogens with one attached hydrogen (secondary N) is 1. The monoisotopic (exact) mass is 269 g/mol. The number of benzene rings is 1. The molecule has 1 N–H and O–H groups in total. The molecule has 4 heteroatoms. The highest BCUT2D eigenvalue weighted by Gasteiger charge is 2.10. The number of halogens is 1. The summed E-state index contributed by atoms with van der Waals surface area (Å²) >= 11 is 3.35. The number of carbonyl (C=O) groups is 2. The minimum Gasteiger partial charge on any atom is -0.345 e. The third-order valence-electron chi connectivity index (χ3n) is 2.01. The number of amides is 1. The minimum absolute atomic E-state index is 0.0593. The van der Waals surface area contributed by atoms with Crippen molar-refractivity contribution in [1.82, 2.24) is 5.32 Å². The number of ketones is 1. The van der Waals surface area contributed by atoms with Gasteiger partial charge in [0.2, 0.25) is 0 Å². The summed E-state index contributed by atoms with van der Waals surface area (Å²) in [5.74, 6) is -0.278. The number of carbonyl (C=O) groups excluding carboxylic acids is 2. The van der Waals surface area contributed by atoms with E-state index in [1.54, 1.807) is 12.1 Å². The van der Waals surface area contributed by atoms with E-state index in [1.165, 1.54) is 6.92 Å². The number of hydrogen-bond donors (Lipinski definition) is 1. The highest BCUT2D eigenvalue weighted by Crippen LogP contribution is 2.19. The molecule has 1 rings (SSSR count). The third-order valence-corrected chi connectivity index (χ3v) is 2.87. The van der Waals surface area contributed by atoms with Crippen molar-refractivity contribution in [2.24, 2.45) is 0 Å². The molecule has 0 aromatic heterocycles. The van der Waals surface area contributed by atoms with E-state index in [4.69, 9.17) is 0 Å². The summed E-state index contributed by atoms with van der Waals surface area (Å²) in [6.45, 7) is 3.37. The van der Waals surface area contributed by atoms with Crippen molar-refractivity contribution in [2.75, 3.05) is 6.54 Å². The Kier molecular flexibility index (Phi) is 4.03. The Morgan fingerprint density at radius 3 is 2.67 bits per heavy atom. The molecule has 0 fully saturated rings. The van der Waals surface area contributed by atoms with Crippen molar-refractivity contribution in [3.63, 3.8) is 0 Å². The van der Waals surface area contributed by atoms with Gasteiger partial charge in [-0.2, -0.15) is 0 Å². The number of Topliss-reactive ketones (excluding diaryl/α,β-unsaturated/α-hetero) is 1. The van der Waals surface area contributed by atoms with E-state index in [0.29, 0.717) is 5.56 Å². The molecule has 0 saturated carbocycles. The van der Waals surface area contributed by atoms with Crippen molar-refractivity contribution in [2.45, 2.75) is 13.8 Å². The molecule has 1 amide bonds. The fourth-order valence-electron chi connectivity index (χ4n) is 1.15. The second kappa shape index (κ2) is 5.07. The molecule has 0 unspecified atom stereocenters. The Hall–Kier alpha value is -1.16. The van der Waals surface area contributed by atoms with Crippen LogP contribution in [0.4, 0.5) is 0 Å². The van der Waals surface area contributed by atoms with Gasteiger partial charge >= 0.3 is 0 Å². The van der Waals surface area contributed by atoms with Crippen LogP contribution in [0.25, 0.3) is 0 Å². The van der Waals surface area contributed by atoms with Gasteiger partial charge in [-0.25, -0.2) is 0 Å². The van der Waals surface area contributed by atoms with Crippen LogP contribution < -0.4 is 5.32 Å². The van der Waals surface area contributed by atoms with Crippen molar-refractivity contribution in [3.05, 3.63) is 33.8 Å². The summed E-state index contributed by atoms with van der Waals surface area (Å²) in [4.78, 5) is 22.3. The zero-order valence-corrected chi connectivity index (χ0v) is 10.2. The normalized spacial score (nSPS) is 9.80. The molecule has 0 aliphatic rings. The van der Waals surface area contributed by atoms with E-state index in [0.717, 1.165) is 10.0 Å². The molecular weight excluding hydrogens is 258 g/mol. The van der Waals surface area contributed by atoms with E-state index in [-0.39, 0.29) is 18.2 Å². The molecule has 0 radical (unpaired) electrons.